The first-order chi connectivity index (χ1) is 8.54. The minimum absolute atomic E-state index is 0.0499. The largest absolute Gasteiger partial charge is 0.330 e. The minimum atomic E-state index is 0.0499. The Hall–Kier alpha value is -1.42. The molecule has 0 aliphatic heterocycles. The number of carbonyl (C=O) groups is 1. The zero-order chi connectivity index (χ0) is 13.2. The van der Waals surface area contributed by atoms with Crippen molar-refractivity contribution in [3.8, 4) is 0 Å². The Morgan fingerprint density at radius 3 is 2.67 bits per heavy atom. The quantitative estimate of drug-likeness (QED) is 0.856. The van der Waals surface area contributed by atoms with Crippen LogP contribution in [0.4, 0.5) is 5.69 Å². The number of aromatic nitrogens is 1. The van der Waals surface area contributed by atoms with Crippen LogP contribution in [0.5, 0.6) is 0 Å². The minimum Gasteiger partial charge on any atom is -0.330 e. The zero-order valence-corrected chi connectivity index (χ0v) is 11.1. The van der Waals surface area contributed by atoms with E-state index in [0.29, 0.717) is 13.0 Å². The highest BCUT2D eigenvalue weighted by Gasteiger charge is 2.37. The Balaban J connectivity index is 1.98. The van der Waals surface area contributed by atoms with Crippen molar-refractivity contribution in [2.24, 2.45) is 11.1 Å². The Bertz CT molecular complexity index is 447. The van der Waals surface area contributed by atoms with E-state index in [-0.39, 0.29) is 11.3 Å². The summed E-state index contributed by atoms with van der Waals surface area (Å²) in [7, 11) is 0. The van der Waals surface area contributed by atoms with Gasteiger partial charge in [-0.1, -0.05) is 6.42 Å². The predicted molar refractivity (Wildman–Crippen MR) is 72.3 cm³/mol. The molecule has 1 fully saturated rings. The van der Waals surface area contributed by atoms with Gasteiger partial charge in [0, 0.05) is 12.1 Å². The number of pyridine rings is 1. The number of hydrogen-bond acceptors (Lipinski definition) is 3. The van der Waals surface area contributed by atoms with Crippen molar-refractivity contribution in [2.45, 2.75) is 39.5 Å². The lowest BCUT2D eigenvalue weighted by atomic mass is 9.66. The number of anilines is 1. The average Bonchev–Trinajstić information content (AvgIpc) is 2.27. The fourth-order valence-corrected chi connectivity index (χ4v) is 2.48. The molecule has 0 saturated heterocycles. The van der Waals surface area contributed by atoms with Crippen molar-refractivity contribution >= 4 is 11.6 Å². The molecule has 1 aliphatic rings. The number of amides is 1. The molecule has 3 N–H and O–H groups in total. The third-order valence-corrected chi connectivity index (χ3v) is 3.88. The van der Waals surface area contributed by atoms with Gasteiger partial charge in [0.2, 0.25) is 5.91 Å². The maximum absolute atomic E-state index is 12.0. The number of nitrogens with one attached hydrogen (secondary N) is 1. The first-order valence-corrected chi connectivity index (χ1v) is 6.49. The molecule has 4 heteroatoms. The molecule has 1 aliphatic carbocycles. The van der Waals surface area contributed by atoms with Gasteiger partial charge >= 0.3 is 0 Å². The lowest BCUT2D eigenvalue weighted by Crippen LogP contribution is -2.40. The Kier molecular flexibility index (Phi) is 3.66. The van der Waals surface area contributed by atoms with E-state index < -0.39 is 0 Å². The van der Waals surface area contributed by atoms with Crippen LogP contribution >= 0.6 is 0 Å². The van der Waals surface area contributed by atoms with Crippen LogP contribution in [0.15, 0.2) is 12.1 Å². The van der Waals surface area contributed by atoms with Crippen molar-refractivity contribution in [1.29, 1.82) is 0 Å². The van der Waals surface area contributed by atoms with Crippen LogP contribution in [0.25, 0.3) is 0 Å². The topological polar surface area (TPSA) is 68.0 Å². The molecular formula is C14H21N3O. The summed E-state index contributed by atoms with van der Waals surface area (Å²) < 4.78 is 0. The van der Waals surface area contributed by atoms with Crippen molar-refractivity contribution in [3.05, 3.63) is 23.5 Å². The smallest absolute Gasteiger partial charge is 0.225 e. The summed E-state index contributed by atoms with van der Waals surface area (Å²) in [6.45, 7) is 4.45. The van der Waals surface area contributed by atoms with Gasteiger partial charge in [0.25, 0.3) is 0 Å². The molecule has 0 spiro atoms. The van der Waals surface area contributed by atoms with Crippen LogP contribution in [0.3, 0.4) is 0 Å². The van der Waals surface area contributed by atoms with Crippen molar-refractivity contribution in [1.82, 2.24) is 4.98 Å². The molecule has 4 nitrogen and oxygen atoms in total. The molecule has 2 rings (SSSR count). The number of hydrogen-bond donors (Lipinski definition) is 2. The highest BCUT2D eigenvalue weighted by atomic mass is 16.1. The van der Waals surface area contributed by atoms with Gasteiger partial charge in [0.15, 0.2) is 0 Å². The van der Waals surface area contributed by atoms with Gasteiger partial charge in [-0.2, -0.15) is 0 Å². The second-order valence-electron chi connectivity index (χ2n) is 5.37. The Labute approximate surface area is 108 Å². The number of carbonyl (C=O) groups excluding carboxylic acids is 1. The average molecular weight is 247 g/mol. The van der Waals surface area contributed by atoms with Gasteiger partial charge in [0.05, 0.1) is 11.4 Å². The van der Waals surface area contributed by atoms with Crippen LogP contribution < -0.4 is 11.1 Å². The SMILES string of the molecule is Cc1ccc(NC(=O)CC2(CN)CCC2)c(C)n1. The monoisotopic (exact) mass is 247 g/mol. The number of nitrogens with zero attached hydrogens (tertiary/aromatic N) is 1. The summed E-state index contributed by atoms with van der Waals surface area (Å²) >= 11 is 0. The van der Waals surface area contributed by atoms with E-state index in [1.54, 1.807) is 0 Å². The molecule has 0 radical (unpaired) electrons. The molecule has 0 bridgehead atoms. The van der Waals surface area contributed by atoms with Gasteiger partial charge in [-0.25, -0.2) is 0 Å². The summed E-state index contributed by atoms with van der Waals surface area (Å²) in [6, 6.07) is 3.82. The maximum atomic E-state index is 12.0. The Morgan fingerprint density at radius 1 is 1.44 bits per heavy atom. The highest BCUT2D eigenvalue weighted by Crippen LogP contribution is 2.43. The number of rotatable bonds is 4. The number of aryl methyl sites for hydroxylation is 2. The molecular weight excluding hydrogens is 226 g/mol. The molecule has 1 aromatic heterocycles. The van der Waals surface area contributed by atoms with Crippen LogP contribution in [0.1, 0.15) is 37.1 Å². The lowest BCUT2D eigenvalue weighted by molar-refractivity contribution is -0.119. The van der Waals surface area contributed by atoms with E-state index in [0.717, 1.165) is 29.9 Å². The molecule has 1 saturated carbocycles. The van der Waals surface area contributed by atoms with Crippen LogP contribution in [0.2, 0.25) is 0 Å². The van der Waals surface area contributed by atoms with E-state index in [4.69, 9.17) is 5.73 Å². The fourth-order valence-electron chi connectivity index (χ4n) is 2.48. The molecule has 1 heterocycles. The predicted octanol–water partition coefficient (Wildman–Crippen LogP) is 2.16. The number of nitrogens with two attached hydrogens (primary N) is 1. The standard InChI is InChI=1S/C14H21N3O/c1-10-4-5-12(11(2)16-10)17-13(18)8-14(9-15)6-3-7-14/h4-5H,3,6-9,15H2,1-2H3,(H,17,18). The second-order valence-corrected chi connectivity index (χ2v) is 5.37. The van der Waals surface area contributed by atoms with Gasteiger partial charge < -0.3 is 11.1 Å². The first kappa shape index (κ1) is 13.0. The van der Waals surface area contributed by atoms with Gasteiger partial charge in [-0.05, 0) is 50.8 Å². The molecule has 18 heavy (non-hydrogen) atoms. The Morgan fingerprint density at radius 2 is 2.17 bits per heavy atom. The summed E-state index contributed by atoms with van der Waals surface area (Å²) in [6.07, 6.45) is 3.86. The zero-order valence-electron chi connectivity index (χ0n) is 11.1. The molecule has 0 atom stereocenters. The third kappa shape index (κ3) is 2.70. The molecule has 1 amide bonds. The fraction of sp³-hybridized carbons (Fsp3) is 0.571. The molecule has 1 aromatic rings. The summed E-state index contributed by atoms with van der Waals surface area (Å²) in [5.74, 6) is 0.0499. The normalized spacial score (nSPS) is 17.1. The summed E-state index contributed by atoms with van der Waals surface area (Å²) in [5.41, 5.74) is 8.44. The third-order valence-electron chi connectivity index (χ3n) is 3.88. The maximum Gasteiger partial charge on any atom is 0.225 e. The summed E-state index contributed by atoms with van der Waals surface area (Å²) in [4.78, 5) is 16.4. The second kappa shape index (κ2) is 5.06. The van der Waals surface area contributed by atoms with Crippen LogP contribution in [0, 0.1) is 19.3 Å². The van der Waals surface area contributed by atoms with Crippen molar-refractivity contribution in [2.75, 3.05) is 11.9 Å². The molecule has 0 aromatic carbocycles. The van der Waals surface area contributed by atoms with Crippen molar-refractivity contribution < 1.29 is 4.79 Å². The summed E-state index contributed by atoms with van der Waals surface area (Å²) in [5, 5.41) is 2.94. The van der Waals surface area contributed by atoms with E-state index >= 15 is 0 Å². The van der Waals surface area contributed by atoms with E-state index in [2.05, 4.69) is 10.3 Å². The van der Waals surface area contributed by atoms with Crippen LogP contribution in [-0.4, -0.2) is 17.4 Å². The molecule has 98 valence electrons. The van der Waals surface area contributed by atoms with E-state index in [1.165, 1.54) is 6.42 Å². The van der Waals surface area contributed by atoms with Gasteiger partial charge in [-0.3, -0.25) is 9.78 Å². The van der Waals surface area contributed by atoms with E-state index in [1.807, 2.05) is 26.0 Å². The molecule has 0 unspecified atom stereocenters. The van der Waals surface area contributed by atoms with Crippen molar-refractivity contribution in [3.63, 3.8) is 0 Å². The first-order valence-electron chi connectivity index (χ1n) is 6.49. The van der Waals surface area contributed by atoms with E-state index in [9.17, 15) is 4.79 Å². The van der Waals surface area contributed by atoms with Crippen LogP contribution in [-0.2, 0) is 4.79 Å². The van der Waals surface area contributed by atoms with Gasteiger partial charge in [-0.15, -0.1) is 0 Å². The van der Waals surface area contributed by atoms with Gasteiger partial charge in [0.1, 0.15) is 0 Å². The lowest BCUT2D eigenvalue weighted by Gasteiger charge is -2.40. The highest BCUT2D eigenvalue weighted by molar-refractivity contribution is 5.91.